The summed E-state index contributed by atoms with van der Waals surface area (Å²) in [6.45, 7) is 5.24. The van der Waals surface area contributed by atoms with Gasteiger partial charge < -0.3 is 9.30 Å². The van der Waals surface area contributed by atoms with E-state index in [4.69, 9.17) is 4.74 Å². The highest BCUT2D eigenvalue weighted by molar-refractivity contribution is 5.52. The van der Waals surface area contributed by atoms with Crippen molar-refractivity contribution in [1.29, 1.82) is 0 Å². The lowest BCUT2D eigenvalue weighted by Crippen LogP contribution is -2.24. The number of rotatable bonds is 2. The van der Waals surface area contributed by atoms with E-state index in [-0.39, 0.29) is 0 Å². The first-order valence-corrected chi connectivity index (χ1v) is 6.10. The van der Waals surface area contributed by atoms with E-state index >= 15 is 0 Å². The fourth-order valence-electron chi connectivity index (χ4n) is 2.17. The van der Waals surface area contributed by atoms with Crippen molar-refractivity contribution < 1.29 is 4.74 Å². The van der Waals surface area contributed by atoms with Gasteiger partial charge in [0, 0.05) is 12.4 Å². The van der Waals surface area contributed by atoms with Crippen LogP contribution in [0.1, 0.15) is 31.0 Å². The van der Waals surface area contributed by atoms with Gasteiger partial charge in [0.05, 0.1) is 18.2 Å². The molecule has 0 saturated heterocycles. The zero-order valence-corrected chi connectivity index (χ0v) is 10.5. The molecule has 1 unspecified atom stereocenters. The second kappa shape index (κ2) is 4.45. The van der Waals surface area contributed by atoms with Gasteiger partial charge in [-0.25, -0.2) is 9.97 Å². The highest BCUT2D eigenvalue weighted by atomic mass is 16.5. The minimum Gasteiger partial charge on any atom is -0.371 e. The summed E-state index contributed by atoms with van der Waals surface area (Å²) in [6.07, 6.45) is 4.58. The molecule has 0 aromatic carbocycles. The summed E-state index contributed by atoms with van der Waals surface area (Å²) in [4.78, 5) is 8.42. The van der Waals surface area contributed by atoms with Crippen LogP contribution in [0.15, 0.2) is 12.4 Å². The number of nitrogens with zero attached hydrogens (tertiary/aromatic N) is 5. The Morgan fingerprint density at radius 3 is 2.83 bits per heavy atom. The maximum absolute atomic E-state index is 5.51. The third-order valence-corrected chi connectivity index (χ3v) is 3.18. The van der Waals surface area contributed by atoms with Crippen molar-refractivity contribution >= 4 is 0 Å². The Bertz CT molecular complexity index is 548. The predicted molar refractivity (Wildman–Crippen MR) is 64.8 cm³/mol. The Balaban J connectivity index is 2.08. The van der Waals surface area contributed by atoms with E-state index in [0.29, 0.717) is 19.3 Å². The minimum absolute atomic E-state index is 0.292. The van der Waals surface area contributed by atoms with Gasteiger partial charge in [-0.1, -0.05) is 6.92 Å². The highest BCUT2D eigenvalue weighted by Crippen LogP contribution is 2.27. The molecule has 0 aliphatic carbocycles. The molecule has 0 spiro atoms. The number of fused-ring (bicyclic) bond motifs is 1. The molecule has 3 heterocycles. The van der Waals surface area contributed by atoms with Crippen molar-refractivity contribution in [2.24, 2.45) is 0 Å². The fraction of sp³-hybridized carbons (Fsp3) is 0.500. The minimum atomic E-state index is 0.292. The number of aromatic nitrogens is 5. The average molecular weight is 245 g/mol. The summed E-state index contributed by atoms with van der Waals surface area (Å²) in [5.74, 6) is 2.47. The second-order valence-corrected chi connectivity index (χ2v) is 4.41. The zero-order chi connectivity index (χ0) is 12.5. The van der Waals surface area contributed by atoms with Crippen LogP contribution < -0.4 is 0 Å². The van der Waals surface area contributed by atoms with Gasteiger partial charge >= 0.3 is 0 Å². The van der Waals surface area contributed by atoms with Gasteiger partial charge in [-0.2, -0.15) is 0 Å². The van der Waals surface area contributed by atoms with Crippen molar-refractivity contribution in [2.45, 2.75) is 32.9 Å². The van der Waals surface area contributed by atoms with E-state index in [1.165, 1.54) is 0 Å². The molecule has 6 heteroatoms. The van der Waals surface area contributed by atoms with Crippen LogP contribution in [0, 0.1) is 6.92 Å². The van der Waals surface area contributed by atoms with Crippen LogP contribution in [0.4, 0.5) is 0 Å². The van der Waals surface area contributed by atoms with Gasteiger partial charge in [-0.05, 0) is 13.3 Å². The smallest absolute Gasteiger partial charge is 0.167 e. The second-order valence-electron chi connectivity index (χ2n) is 4.41. The van der Waals surface area contributed by atoms with Gasteiger partial charge in [0.25, 0.3) is 0 Å². The molecule has 3 rings (SSSR count). The Morgan fingerprint density at radius 1 is 1.33 bits per heavy atom. The highest BCUT2D eigenvalue weighted by Gasteiger charge is 2.24. The van der Waals surface area contributed by atoms with Crippen LogP contribution in [-0.4, -0.2) is 31.3 Å². The lowest BCUT2D eigenvalue weighted by atomic mass is 10.2. The van der Waals surface area contributed by atoms with E-state index in [1.807, 2.05) is 6.92 Å². The molecule has 6 nitrogen and oxygen atoms in total. The standard InChI is InChI=1S/C12H15N5O/c1-3-10-6-18-7-11-15-16-12(17(10)11)9-4-13-8(2)14-5-9/h4-5,10H,3,6-7H2,1-2H3. The zero-order valence-electron chi connectivity index (χ0n) is 10.5. The molecule has 0 fully saturated rings. The van der Waals surface area contributed by atoms with Gasteiger partial charge in [0.15, 0.2) is 11.6 Å². The average Bonchev–Trinajstić information content (AvgIpc) is 2.83. The van der Waals surface area contributed by atoms with Crippen molar-refractivity contribution in [3.05, 3.63) is 24.0 Å². The van der Waals surface area contributed by atoms with Crippen LogP contribution in [0.25, 0.3) is 11.4 Å². The SMILES string of the molecule is CCC1COCc2nnc(-c3cnc(C)nc3)n21. The normalized spacial score (nSPS) is 18.7. The number of hydrogen-bond acceptors (Lipinski definition) is 5. The van der Waals surface area contributed by atoms with E-state index in [1.54, 1.807) is 12.4 Å². The molecular weight excluding hydrogens is 230 g/mol. The monoisotopic (exact) mass is 245 g/mol. The summed E-state index contributed by atoms with van der Waals surface area (Å²) in [5.41, 5.74) is 0.903. The van der Waals surface area contributed by atoms with E-state index in [2.05, 4.69) is 31.7 Å². The summed E-state index contributed by atoms with van der Waals surface area (Å²) in [7, 11) is 0. The number of aryl methyl sites for hydroxylation is 1. The van der Waals surface area contributed by atoms with Crippen LogP contribution in [0.3, 0.4) is 0 Å². The predicted octanol–water partition coefficient (Wildman–Crippen LogP) is 1.52. The largest absolute Gasteiger partial charge is 0.371 e. The van der Waals surface area contributed by atoms with E-state index in [9.17, 15) is 0 Å². The lowest BCUT2D eigenvalue weighted by Gasteiger charge is -2.25. The topological polar surface area (TPSA) is 65.7 Å². The van der Waals surface area contributed by atoms with Crippen LogP contribution in [0.2, 0.25) is 0 Å². The van der Waals surface area contributed by atoms with Crippen molar-refractivity contribution in [3.8, 4) is 11.4 Å². The van der Waals surface area contributed by atoms with Crippen molar-refractivity contribution in [1.82, 2.24) is 24.7 Å². The molecule has 0 amide bonds. The Morgan fingerprint density at radius 2 is 2.11 bits per heavy atom. The Hall–Kier alpha value is -1.82. The van der Waals surface area contributed by atoms with Crippen LogP contribution >= 0.6 is 0 Å². The van der Waals surface area contributed by atoms with Crippen LogP contribution in [0.5, 0.6) is 0 Å². The molecule has 0 bridgehead atoms. The molecule has 2 aromatic heterocycles. The first-order valence-electron chi connectivity index (χ1n) is 6.10. The Kier molecular flexibility index (Phi) is 2.79. The quantitative estimate of drug-likeness (QED) is 0.802. The third kappa shape index (κ3) is 1.78. The number of hydrogen-bond donors (Lipinski definition) is 0. The maximum Gasteiger partial charge on any atom is 0.167 e. The molecule has 0 saturated carbocycles. The fourth-order valence-corrected chi connectivity index (χ4v) is 2.17. The first kappa shape index (κ1) is 11.3. The molecule has 1 atom stereocenters. The van der Waals surface area contributed by atoms with Crippen molar-refractivity contribution in [2.75, 3.05) is 6.61 Å². The van der Waals surface area contributed by atoms with Crippen LogP contribution in [-0.2, 0) is 11.3 Å². The third-order valence-electron chi connectivity index (χ3n) is 3.18. The molecule has 0 radical (unpaired) electrons. The molecule has 94 valence electrons. The Labute approximate surface area is 105 Å². The summed E-state index contributed by atoms with van der Waals surface area (Å²) < 4.78 is 7.66. The molecule has 18 heavy (non-hydrogen) atoms. The molecule has 1 aliphatic rings. The molecule has 1 aliphatic heterocycles. The van der Waals surface area contributed by atoms with Gasteiger partial charge in [-0.15, -0.1) is 10.2 Å². The van der Waals surface area contributed by atoms with Gasteiger partial charge in [0.1, 0.15) is 12.4 Å². The van der Waals surface area contributed by atoms with E-state index < -0.39 is 0 Å². The number of ether oxygens (including phenoxy) is 1. The lowest BCUT2D eigenvalue weighted by molar-refractivity contribution is 0.0542. The van der Waals surface area contributed by atoms with E-state index in [0.717, 1.165) is 29.5 Å². The summed E-state index contributed by atoms with van der Waals surface area (Å²) in [6, 6.07) is 0.292. The van der Waals surface area contributed by atoms with Gasteiger partial charge in [-0.3, -0.25) is 0 Å². The van der Waals surface area contributed by atoms with Gasteiger partial charge in [0.2, 0.25) is 0 Å². The maximum atomic E-state index is 5.51. The molecular formula is C12H15N5O. The summed E-state index contributed by atoms with van der Waals surface area (Å²) >= 11 is 0. The molecule has 2 aromatic rings. The molecule has 0 N–H and O–H groups in total. The first-order chi connectivity index (χ1) is 8.79. The summed E-state index contributed by atoms with van der Waals surface area (Å²) in [5, 5.41) is 8.44. The van der Waals surface area contributed by atoms with Crippen molar-refractivity contribution in [3.63, 3.8) is 0 Å².